The highest BCUT2D eigenvalue weighted by Crippen LogP contribution is 2.13. The number of hydrazine groups is 1. The zero-order valence-corrected chi connectivity index (χ0v) is 10.5. The van der Waals surface area contributed by atoms with E-state index in [2.05, 4.69) is 5.43 Å². The van der Waals surface area contributed by atoms with Gasteiger partial charge in [-0.1, -0.05) is 6.92 Å². The smallest absolute Gasteiger partial charge is 0.237 e. The number of nitrogens with one attached hydrogen (secondary N) is 1. The van der Waals surface area contributed by atoms with Crippen LogP contribution in [0.4, 0.5) is 0 Å². The summed E-state index contributed by atoms with van der Waals surface area (Å²) in [7, 11) is -2.89. The van der Waals surface area contributed by atoms with Gasteiger partial charge in [0.2, 0.25) is 5.91 Å². The third-order valence-corrected chi connectivity index (χ3v) is 4.70. The number of nitrogens with two attached hydrogens (primary N) is 1. The quantitative estimate of drug-likeness (QED) is 0.370. The Balaban J connectivity index is 2.54. The molecular weight excluding hydrogens is 230 g/mol. The summed E-state index contributed by atoms with van der Waals surface area (Å²) in [6.45, 7) is 4.67. The molecule has 7 heteroatoms. The van der Waals surface area contributed by atoms with E-state index in [-0.39, 0.29) is 29.4 Å². The van der Waals surface area contributed by atoms with Crippen LogP contribution in [0.2, 0.25) is 0 Å². The first kappa shape index (κ1) is 13.4. The standard InChI is InChI=1S/C9H19N3O3S/c1-7(9(13)11-10)5-12-3-4-16(14,15)6-8(12)2/h7-8H,3-6,10H2,1-2H3,(H,11,13). The van der Waals surface area contributed by atoms with Crippen LogP contribution >= 0.6 is 0 Å². The highest BCUT2D eigenvalue weighted by molar-refractivity contribution is 7.91. The molecular formula is C9H19N3O3S. The molecule has 0 bridgehead atoms. The van der Waals surface area contributed by atoms with Crippen LogP contribution in [0.1, 0.15) is 13.8 Å². The normalized spacial score (nSPS) is 27.3. The Morgan fingerprint density at radius 1 is 1.62 bits per heavy atom. The molecule has 0 aromatic heterocycles. The van der Waals surface area contributed by atoms with E-state index in [9.17, 15) is 13.2 Å². The summed E-state index contributed by atoms with van der Waals surface area (Å²) in [5.74, 6) is 4.94. The monoisotopic (exact) mass is 249 g/mol. The molecule has 0 aromatic carbocycles. The second-order valence-corrected chi connectivity index (χ2v) is 6.60. The van der Waals surface area contributed by atoms with E-state index < -0.39 is 9.84 Å². The third kappa shape index (κ3) is 3.43. The first-order valence-corrected chi connectivity index (χ1v) is 7.13. The van der Waals surface area contributed by atoms with Gasteiger partial charge in [0.25, 0.3) is 0 Å². The summed E-state index contributed by atoms with van der Waals surface area (Å²) in [6, 6.07) is -0.0354. The summed E-state index contributed by atoms with van der Waals surface area (Å²) in [5, 5.41) is 0. The molecule has 0 saturated carbocycles. The van der Waals surface area contributed by atoms with Crippen LogP contribution in [0.3, 0.4) is 0 Å². The first-order valence-electron chi connectivity index (χ1n) is 5.30. The summed E-state index contributed by atoms with van der Waals surface area (Å²) in [5.41, 5.74) is 2.10. The molecule has 1 rings (SSSR count). The van der Waals surface area contributed by atoms with Crippen LogP contribution in [-0.2, 0) is 14.6 Å². The minimum atomic E-state index is -2.89. The lowest BCUT2D eigenvalue weighted by atomic mass is 10.1. The Morgan fingerprint density at radius 3 is 2.75 bits per heavy atom. The van der Waals surface area contributed by atoms with E-state index in [4.69, 9.17) is 5.84 Å². The minimum Gasteiger partial charge on any atom is -0.298 e. The van der Waals surface area contributed by atoms with Crippen molar-refractivity contribution in [3.8, 4) is 0 Å². The van der Waals surface area contributed by atoms with Gasteiger partial charge in [0.1, 0.15) is 0 Å². The van der Waals surface area contributed by atoms with E-state index in [1.54, 1.807) is 6.92 Å². The second kappa shape index (κ2) is 5.11. The number of sulfone groups is 1. The number of hydrogen-bond acceptors (Lipinski definition) is 5. The van der Waals surface area contributed by atoms with Gasteiger partial charge in [0.05, 0.1) is 11.5 Å². The topological polar surface area (TPSA) is 92.5 Å². The van der Waals surface area contributed by atoms with E-state index in [0.29, 0.717) is 13.1 Å². The fourth-order valence-corrected chi connectivity index (χ4v) is 3.51. The minimum absolute atomic E-state index is 0.0354. The number of carbonyl (C=O) groups excluding carboxylic acids is 1. The van der Waals surface area contributed by atoms with Crippen molar-refractivity contribution in [2.45, 2.75) is 19.9 Å². The highest BCUT2D eigenvalue weighted by Gasteiger charge is 2.29. The number of hydrogen-bond donors (Lipinski definition) is 2. The lowest BCUT2D eigenvalue weighted by Crippen LogP contribution is -2.50. The molecule has 2 unspecified atom stereocenters. The van der Waals surface area contributed by atoms with E-state index in [1.807, 2.05) is 11.8 Å². The van der Waals surface area contributed by atoms with Gasteiger partial charge in [-0.2, -0.15) is 0 Å². The van der Waals surface area contributed by atoms with Crippen molar-refractivity contribution in [1.29, 1.82) is 0 Å². The van der Waals surface area contributed by atoms with Gasteiger partial charge >= 0.3 is 0 Å². The molecule has 94 valence electrons. The van der Waals surface area contributed by atoms with Crippen LogP contribution < -0.4 is 11.3 Å². The Kier molecular flexibility index (Phi) is 4.28. The second-order valence-electron chi connectivity index (χ2n) is 4.37. The van der Waals surface area contributed by atoms with Crippen LogP contribution in [0.25, 0.3) is 0 Å². The Bertz CT molecular complexity index is 355. The highest BCUT2D eigenvalue weighted by atomic mass is 32.2. The zero-order chi connectivity index (χ0) is 12.3. The molecule has 3 N–H and O–H groups in total. The molecule has 0 radical (unpaired) electrons. The van der Waals surface area contributed by atoms with Crippen molar-refractivity contribution >= 4 is 15.7 Å². The number of amides is 1. The van der Waals surface area contributed by atoms with Gasteiger partial charge < -0.3 is 0 Å². The van der Waals surface area contributed by atoms with E-state index in [0.717, 1.165) is 0 Å². The molecule has 0 aliphatic carbocycles. The van der Waals surface area contributed by atoms with Crippen molar-refractivity contribution in [2.75, 3.05) is 24.6 Å². The number of rotatable bonds is 3. The molecule has 1 saturated heterocycles. The Morgan fingerprint density at radius 2 is 2.25 bits per heavy atom. The maximum atomic E-state index is 11.4. The number of nitrogens with zero attached hydrogens (tertiary/aromatic N) is 1. The third-order valence-electron chi connectivity index (χ3n) is 2.91. The molecule has 2 atom stereocenters. The summed E-state index contributed by atoms with van der Waals surface area (Å²) in [6.07, 6.45) is 0. The largest absolute Gasteiger partial charge is 0.298 e. The molecule has 16 heavy (non-hydrogen) atoms. The van der Waals surface area contributed by atoms with Gasteiger partial charge in [-0.15, -0.1) is 0 Å². The Labute approximate surface area is 96.1 Å². The van der Waals surface area contributed by atoms with E-state index >= 15 is 0 Å². The maximum Gasteiger partial charge on any atom is 0.237 e. The van der Waals surface area contributed by atoms with Crippen LogP contribution in [0, 0.1) is 5.92 Å². The molecule has 1 aliphatic heterocycles. The molecule has 0 aromatic rings. The van der Waals surface area contributed by atoms with Gasteiger partial charge in [0.15, 0.2) is 9.84 Å². The number of carbonyl (C=O) groups is 1. The van der Waals surface area contributed by atoms with Crippen molar-refractivity contribution in [1.82, 2.24) is 10.3 Å². The van der Waals surface area contributed by atoms with Crippen LogP contribution in [0.5, 0.6) is 0 Å². The van der Waals surface area contributed by atoms with Crippen molar-refractivity contribution in [2.24, 2.45) is 11.8 Å². The van der Waals surface area contributed by atoms with Crippen LogP contribution in [-0.4, -0.2) is 49.9 Å². The summed E-state index contributed by atoms with van der Waals surface area (Å²) in [4.78, 5) is 13.3. The fourth-order valence-electron chi connectivity index (χ4n) is 1.88. The van der Waals surface area contributed by atoms with Gasteiger partial charge in [-0.3, -0.25) is 15.1 Å². The van der Waals surface area contributed by atoms with Gasteiger partial charge in [0, 0.05) is 25.0 Å². The molecule has 6 nitrogen and oxygen atoms in total. The maximum absolute atomic E-state index is 11.4. The van der Waals surface area contributed by atoms with Crippen molar-refractivity contribution < 1.29 is 13.2 Å². The first-order chi connectivity index (χ1) is 7.35. The van der Waals surface area contributed by atoms with Gasteiger partial charge in [-0.25, -0.2) is 14.3 Å². The van der Waals surface area contributed by atoms with Crippen LogP contribution in [0.15, 0.2) is 0 Å². The predicted octanol–water partition coefficient (Wildman–Crippen LogP) is -1.27. The van der Waals surface area contributed by atoms with Crippen molar-refractivity contribution in [3.05, 3.63) is 0 Å². The summed E-state index contributed by atoms with van der Waals surface area (Å²) >= 11 is 0. The zero-order valence-electron chi connectivity index (χ0n) is 9.64. The average molecular weight is 249 g/mol. The lowest BCUT2D eigenvalue weighted by Gasteiger charge is -2.34. The SMILES string of the molecule is CC(CN1CCS(=O)(=O)CC1C)C(=O)NN. The van der Waals surface area contributed by atoms with Crippen molar-refractivity contribution in [3.63, 3.8) is 0 Å². The molecule has 0 spiro atoms. The summed E-state index contributed by atoms with van der Waals surface area (Å²) < 4.78 is 22.7. The van der Waals surface area contributed by atoms with E-state index in [1.165, 1.54) is 0 Å². The van der Waals surface area contributed by atoms with Gasteiger partial charge in [-0.05, 0) is 6.92 Å². The molecule has 1 amide bonds. The molecule has 1 aliphatic rings. The predicted molar refractivity (Wildman–Crippen MR) is 61.2 cm³/mol. The lowest BCUT2D eigenvalue weighted by molar-refractivity contribution is -0.125. The molecule has 1 heterocycles. The fraction of sp³-hybridized carbons (Fsp3) is 0.889. The average Bonchev–Trinajstić information content (AvgIpc) is 2.20. The molecule has 1 fully saturated rings. The Hall–Kier alpha value is -0.660.